The number of nitrogens with zero attached hydrogens (tertiary/aromatic N) is 1. The molecule has 0 aromatic carbocycles. The van der Waals surface area contributed by atoms with Gasteiger partial charge in [-0.3, -0.25) is 0 Å². The van der Waals surface area contributed by atoms with E-state index >= 15 is 0 Å². The topological polar surface area (TPSA) is 3.24 Å². The molecule has 0 spiro atoms. The third kappa shape index (κ3) is 2.73. The average Bonchev–Trinajstić information content (AvgIpc) is 1.36. The van der Waals surface area contributed by atoms with Gasteiger partial charge in [0.2, 0.25) is 0 Å². The van der Waals surface area contributed by atoms with Crippen LogP contribution >= 0.6 is 15.9 Å². The lowest BCUT2D eigenvalue weighted by Gasteiger charge is -2.10. The summed E-state index contributed by atoms with van der Waals surface area (Å²) in [6, 6.07) is 0. The number of rotatable bonds is 1. The van der Waals surface area contributed by atoms with Gasteiger partial charge < -0.3 is 4.90 Å². The molecular formula is C3H7BBrN. The van der Waals surface area contributed by atoms with E-state index in [0.717, 1.165) is 0 Å². The van der Waals surface area contributed by atoms with E-state index < -0.39 is 0 Å². The highest BCUT2D eigenvalue weighted by molar-refractivity contribution is 9.10. The molecule has 0 saturated carbocycles. The van der Waals surface area contributed by atoms with Crippen molar-refractivity contribution in [3.05, 3.63) is 0 Å². The first-order valence-electron chi connectivity index (χ1n) is 1.70. The third-order valence-electron chi connectivity index (χ3n) is 0.493. The molecule has 0 aliphatic rings. The van der Waals surface area contributed by atoms with Gasteiger partial charge in [0.05, 0.1) is 0 Å². The molecular weight excluding hydrogens is 141 g/mol. The number of halogens is 1. The highest BCUT2D eigenvalue weighted by atomic mass is 79.9. The summed E-state index contributed by atoms with van der Waals surface area (Å²) < 4.78 is 0. The molecule has 34 valence electrons. The average molecular weight is 148 g/mol. The van der Waals surface area contributed by atoms with E-state index in [1.165, 1.54) is 0 Å². The van der Waals surface area contributed by atoms with Crippen LogP contribution in [0.1, 0.15) is 0 Å². The molecule has 0 bridgehead atoms. The highest BCUT2D eigenvalue weighted by Crippen LogP contribution is 1.93. The quantitative estimate of drug-likeness (QED) is 0.295. The predicted octanol–water partition coefficient (Wildman–Crippen LogP) is 0.395. The molecule has 6 heavy (non-hydrogen) atoms. The van der Waals surface area contributed by atoms with Crippen molar-refractivity contribution in [2.75, 3.05) is 14.1 Å². The van der Waals surface area contributed by atoms with Gasteiger partial charge in [-0.15, -0.1) is 0 Å². The molecule has 1 atom stereocenters. The molecule has 0 heterocycles. The number of hydrogen-bond acceptors (Lipinski definition) is 1. The van der Waals surface area contributed by atoms with Crippen molar-refractivity contribution in [2.45, 2.75) is 4.85 Å². The summed E-state index contributed by atoms with van der Waals surface area (Å²) in [7, 11) is 9.08. The van der Waals surface area contributed by atoms with E-state index in [1.807, 2.05) is 19.0 Å². The van der Waals surface area contributed by atoms with Crippen molar-refractivity contribution in [1.82, 2.24) is 4.90 Å². The van der Waals surface area contributed by atoms with E-state index in [0.29, 0.717) is 0 Å². The van der Waals surface area contributed by atoms with Crippen LogP contribution in [-0.2, 0) is 0 Å². The fraction of sp³-hybridized carbons (Fsp3) is 1.00. The summed E-state index contributed by atoms with van der Waals surface area (Å²) in [5, 5.41) is 0. The number of hydrogen-bond donors (Lipinski definition) is 0. The Bertz CT molecular complexity index is 31.8. The normalized spacial score (nSPS) is 15.3. The lowest BCUT2D eigenvalue weighted by Crippen LogP contribution is -2.21. The van der Waals surface area contributed by atoms with Gasteiger partial charge in [0, 0.05) is 4.85 Å². The standard InChI is InChI=1S/C3H7BBrN/c1-6(2)3(4)5/h3H,1-2H3. The minimum Gasteiger partial charge on any atom is -0.305 e. The van der Waals surface area contributed by atoms with E-state index in [-0.39, 0.29) is 4.85 Å². The number of alkyl halides is 1. The molecule has 2 radical (unpaired) electrons. The van der Waals surface area contributed by atoms with Crippen LogP contribution in [0.15, 0.2) is 0 Å². The summed E-state index contributed by atoms with van der Waals surface area (Å²) in [6.45, 7) is 0. The van der Waals surface area contributed by atoms with Crippen LogP contribution in [0, 0.1) is 0 Å². The first-order valence-corrected chi connectivity index (χ1v) is 2.62. The maximum atomic E-state index is 5.28. The molecule has 1 unspecified atom stereocenters. The fourth-order valence-corrected chi connectivity index (χ4v) is 0. The van der Waals surface area contributed by atoms with Crippen LogP contribution in [0.2, 0.25) is 0 Å². The molecule has 0 aliphatic heterocycles. The van der Waals surface area contributed by atoms with Gasteiger partial charge in [0.1, 0.15) is 7.85 Å². The molecule has 0 amide bonds. The Balaban J connectivity index is 2.99. The van der Waals surface area contributed by atoms with Gasteiger partial charge in [-0.2, -0.15) is 0 Å². The smallest absolute Gasteiger partial charge is 0.107 e. The summed E-state index contributed by atoms with van der Waals surface area (Å²) >= 11 is 3.14. The van der Waals surface area contributed by atoms with Crippen molar-refractivity contribution in [2.24, 2.45) is 0 Å². The largest absolute Gasteiger partial charge is 0.305 e. The van der Waals surface area contributed by atoms with Crippen LogP contribution in [0.5, 0.6) is 0 Å². The SMILES string of the molecule is [B]C(Br)N(C)C. The van der Waals surface area contributed by atoms with E-state index in [9.17, 15) is 0 Å². The molecule has 0 fully saturated rings. The molecule has 0 rings (SSSR count). The maximum Gasteiger partial charge on any atom is 0.107 e. The molecule has 0 saturated heterocycles. The van der Waals surface area contributed by atoms with Gasteiger partial charge in [-0.25, -0.2) is 0 Å². The van der Waals surface area contributed by atoms with E-state index in [1.54, 1.807) is 0 Å². The van der Waals surface area contributed by atoms with Gasteiger partial charge in [0.15, 0.2) is 0 Å². The van der Waals surface area contributed by atoms with Crippen molar-refractivity contribution in [3.63, 3.8) is 0 Å². The lowest BCUT2D eigenvalue weighted by molar-refractivity contribution is 0.459. The zero-order valence-corrected chi connectivity index (χ0v) is 5.57. The van der Waals surface area contributed by atoms with Gasteiger partial charge >= 0.3 is 0 Å². The van der Waals surface area contributed by atoms with E-state index in [4.69, 9.17) is 7.85 Å². The Hall–Kier alpha value is 0.505. The first kappa shape index (κ1) is 6.50. The second-order valence-corrected chi connectivity index (χ2v) is 2.27. The van der Waals surface area contributed by atoms with Gasteiger partial charge in [-0.1, -0.05) is 15.9 Å². The second-order valence-electron chi connectivity index (χ2n) is 1.34. The monoisotopic (exact) mass is 147 g/mol. The summed E-state index contributed by atoms with van der Waals surface area (Å²) in [4.78, 5) is 1.86. The molecule has 0 N–H and O–H groups in total. The van der Waals surface area contributed by atoms with Crippen LogP contribution < -0.4 is 0 Å². The minimum absolute atomic E-state index is 0.00231. The van der Waals surface area contributed by atoms with Crippen molar-refractivity contribution in [3.8, 4) is 0 Å². The predicted molar refractivity (Wildman–Crippen MR) is 32.2 cm³/mol. The van der Waals surface area contributed by atoms with Gasteiger partial charge in [-0.05, 0) is 14.1 Å². The fourth-order valence-electron chi connectivity index (χ4n) is 0. The Kier molecular flexibility index (Phi) is 2.86. The molecule has 0 aromatic heterocycles. The van der Waals surface area contributed by atoms with Crippen molar-refractivity contribution >= 4 is 23.8 Å². The first-order chi connectivity index (χ1) is 2.64. The molecule has 3 heteroatoms. The van der Waals surface area contributed by atoms with Crippen molar-refractivity contribution in [1.29, 1.82) is 0 Å². The maximum absolute atomic E-state index is 5.28. The summed E-state index contributed by atoms with van der Waals surface area (Å²) in [5.41, 5.74) is 0. The lowest BCUT2D eigenvalue weighted by atomic mass is 10.1. The zero-order chi connectivity index (χ0) is 5.15. The third-order valence-corrected chi connectivity index (χ3v) is 1.31. The van der Waals surface area contributed by atoms with Gasteiger partial charge in [0.25, 0.3) is 0 Å². The van der Waals surface area contributed by atoms with Crippen molar-refractivity contribution < 1.29 is 0 Å². The van der Waals surface area contributed by atoms with Crippen LogP contribution in [0.4, 0.5) is 0 Å². The van der Waals surface area contributed by atoms with Crippen LogP contribution in [0.25, 0.3) is 0 Å². The molecule has 1 nitrogen and oxygen atoms in total. The Morgan fingerprint density at radius 2 is 1.83 bits per heavy atom. The summed E-state index contributed by atoms with van der Waals surface area (Å²) in [6.07, 6.45) is 0. The van der Waals surface area contributed by atoms with Crippen LogP contribution in [0.3, 0.4) is 0 Å². The molecule has 0 aromatic rings. The summed E-state index contributed by atoms with van der Waals surface area (Å²) in [5.74, 6) is 0. The van der Waals surface area contributed by atoms with E-state index in [2.05, 4.69) is 15.9 Å². The van der Waals surface area contributed by atoms with Crippen LogP contribution in [-0.4, -0.2) is 31.7 Å². The zero-order valence-electron chi connectivity index (χ0n) is 3.98. The Morgan fingerprint density at radius 1 is 1.67 bits per heavy atom. The Labute approximate surface area is 48.2 Å². The Morgan fingerprint density at radius 3 is 1.83 bits per heavy atom. The minimum atomic E-state index is -0.00231. The molecule has 0 aliphatic carbocycles. The highest BCUT2D eigenvalue weighted by Gasteiger charge is 1.92. The second kappa shape index (κ2) is 2.64.